The third-order valence-corrected chi connectivity index (χ3v) is 3.47. The molecule has 1 unspecified atom stereocenters. The molecular weight excluding hydrogens is 310 g/mol. The largest absolute Gasteiger partial charge is 0.382 e. The summed E-state index contributed by atoms with van der Waals surface area (Å²) in [5.74, 6) is 0.100. The highest BCUT2D eigenvalue weighted by Crippen LogP contribution is 2.18. The molecule has 0 heterocycles. The molecule has 0 amide bonds. The van der Waals surface area contributed by atoms with Crippen LogP contribution in [0.1, 0.15) is 35.3 Å². The first-order chi connectivity index (χ1) is 10.8. The second kappa shape index (κ2) is 10.9. The van der Waals surface area contributed by atoms with Crippen molar-refractivity contribution in [2.45, 2.75) is 19.4 Å². The van der Waals surface area contributed by atoms with Gasteiger partial charge in [-0.2, -0.15) is 0 Å². The van der Waals surface area contributed by atoms with E-state index in [-0.39, 0.29) is 24.2 Å². The zero-order chi connectivity index (χ0) is 15.6. The van der Waals surface area contributed by atoms with E-state index < -0.39 is 0 Å². The lowest BCUT2D eigenvalue weighted by molar-refractivity contribution is 0.0938. The number of carbonyl (C=O) groups excluding carboxylic acids is 1. The Labute approximate surface area is 144 Å². The van der Waals surface area contributed by atoms with Gasteiger partial charge in [-0.1, -0.05) is 60.7 Å². The predicted molar refractivity (Wildman–Crippen MR) is 96.3 cm³/mol. The minimum atomic E-state index is -0.315. The van der Waals surface area contributed by atoms with Gasteiger partial charge in [0.15, 0.2) is 5.78 Å². The smallest absolute Gasteiger partial charge is 0.184 e. The molecule has 0 aliphatic heterocycles. The van der Waals surface area contributed by atoms with Crippen molar-refractivity contribution in [3.8, 4) is 0 Å². The molecule has 0 aromatic heterocycles. The van der Waals surface area contributed by atoms with Crippen molar-refractivity contribution < 1.29 is 9.53 Å². The van der Waals surface area contributed by atoms with Crippen LogP contribution in [0.3, 0.4) is 0 Å². The summed E-state index contributed by atoms with van der Waals surface area (Å²) in [6.07, 6.45) is 0.888. The number of rotatable bonds is 9. The van der Waals surface area contributed by atoms with Crippen molar-refractivity contribution in [3.05, 3.63) is 71.8 Å². The van der Waals surface area contributed by atoms with Crippen LogP contribution in [0.2, 0.25) is 0 Å². The molecule has 2 aromatic rings. The minimum Gasteiger partial charge on any atom is -0.382 e. The fourth-order valence-electron chi connectivity index (χ4n) is 2.34. The molecule has 23 heavy (non-hydrogen) atoms. The van der Waals surface area contributed by atoms with Gasteiger partial charge in [0.25, 0.3) is 0 Å². The summed E-state index contributed by atoms with van der Waals surface area (Å²) >= 11 is 0. The first kappa shape index (κ1) is 19.4. The number of hydrogen-bond acceptors (Lipinski definition) is 3. The number of halogens is 1. The van der Waals surface area contributed by atoms with Crippen molar-refractivity contribution in [2.75, 3.05) is 19.8 Å². The normalized spacial score (nSPS) is 11.5. The maximum atomic E-state index is 12.8. The van der Waals surface area contributed by atoms with E-state index in [0.717, 1.165) is 30.7 Å². The third-order valence-electron chi connectivity index (χ3n) is 3.47. The SMILES string of the molecule is CCOCCCNC(C(=O)c1ccccc1)c1ccccc1.Cl. The monoisotopic (exact) mass is 333 g/mol. The summed E-state index contributed by atoms with van der Waals surface area (Å²) in [7, 11) is 0. The van der Waals surface area contributed by atoms with Crippen LogP contribution >= 0.6 is 12.4 Å². The molecule has 0 spiro atoms. The number of hydrogen-bond donors (Lipinski definition) is 1. The molecule has 0 aliphatic rings. The Kier molecular flexibility index (Phi) is 9.22. The molecule has 1 atom stereocenters. The van der Waals surface area contributed by atoms with E-state index in [9.17, 15) is 4.79 Å². The zero-order valence-corrected chi connectivity index (χ0v) is 14.2. The number of Topliss-reactive ketones (excluding diaryl/α,β-unsaturated/α-hetero) is 1. The summed E-state index contributed by atoms with van der Waals surface area (Å²) in [5, 5.41) is 3.36. The standard InChI is InChI=1S/C19H23NO2.ClH/c1-2-22-15-9-14-20-18(16-10-5-3-6-11-16)19(21)17-12-7-4-8-13-17;/h3-8,10-13,18,20H,2,9,14-15H2,1H3;1H. The van der Waals surface area contributed by atoms with E-state index in [4.69, 9.17) is 4.74 Å². The molecule has 124 valence electrons. The number of carbonyl (C=O) groups is 1. The van der Waals surface area contributed by atoms with Gasteiger partial charge in [0.2, 0.25) is 0 Å². The Balaban J connectivity index is 0.00000264. The van der Waals surface area contributed by atoms with Crippen molar-refractivity contribution in [1.29, 1.82) is 0 Å². The first-order valence-corrected chi connectivity index (χ1v) is 7.78. The van der Waals surface area contributed by atoms with Crippen molar-refractivity contribution >= 4 is 18.2 Å². The highest BCUT2D eigenvalue weighted by molar-refractivity contribution is 6.00. The summed E-state index contributed by atoms with van der Waals surface area (Å²) in [6, 6.07) is 19.0. The van der Waals surface area contributed by atoms with Crippen LogP contribution in [-0.2, 0) is 4.74 Å². The van der Waals surface area contributed by atoms with Crippen LogP contribution < -0.4 is 5.32 Å². The van der Waals surface area contributed by atoms with E-state index in [0.29, 0.717) is 6.61 Å². The second-order valence-corrected chi connectivity index (χ2v) is 5.08. The van der Waals surface area contributed by atoms with Gasteiger partial charge in [0, 0.05) is 18.8 Å². The van der Waals surface area contributed by atoms with Crippen molar-refractivity contribution in [1.82, 2.24) is 5.32 Å². The Bertz CT molecular complexity index is 560. The third kappa shape index (κ3) is 6.14. The first-order valence-electron chi connectivity index (χ1n) is 7.78. The van der Waals surface area contributed by atoms with Gasteiger partial charge in [-0.15, -0.1) is 12.4 Å². The highest BCUT2D eigenvalue weighted by atomic mass is 35.5. The summed E-state index contributed by atoms with van der Waals surface area (Å²) in [6.45, 7) is 4.17. The van der Waals surface area contributed by atoms with Crippen LogP contribution in [0.25, 0.3) is 0 Å². The number of nitrogens with one attached hydrogen (secondary N) is 1. The second-order valence-electron chi connectivity index (χ2n) is 5.08. The number of ketones is 1. The molecule has 0 bridgehead atoms. The fourth-order valence-corrected chi connectivity index (χ4v) is 2.34. The van der Waals surface area contributed by atoms with Gasteiger partial charge >= 0.3 is 0 Å². The van der Waals surface area contributed by atoms with Gasteiger partial charge in [-0.05, 0) is 25.5 Å². The van der Waals surface area contributed by atoms with E-state index in [2.05, 4.69) is 5.32 Å². The maximum absolute atomic E-state index is 12.8. The number of benzene rings is 2. The van der Waals surface area contributed by atoms with E-state index in [1.165, 1.54) is 0 Å². The zero-order valence-electron chi connectivity index (χ0n) is 13.4. The van der Waals surface area contributed by atoms with E-state index in [1.807, 2.05) is 67.6 Å². The van der Waals surface area contributed by atoms with Gasteiger partial charge in [-0.3, -0.25) is 4.79 Å². The molecule has 0 radical (unpaired) electrons. The Hall–Kier alpha value is -1.68. The lowest BCUT2D eigenvalue weighted by Crippen LogP contribution is -2.30. The van der Waals surface area contributed by atoms with Crippen LogP contribution in [0.4, 0.5) is 0 Å². The van der Waals surface area contributed by atoms with Crippen LogP contribution in [0.15, 0.2) is 60.7 Å². The predicted octanol–water partition coefficient (Wildman–Crippen LogP) is 4.05. The molecular formula is C19H24ClNO2. The van der Waals surface area contributed by atoms with Crippen LogP contribution in [-0.4, -0.2) is 25.5 Å². The molecule has 4 heteroatoms. The lowest BCUT2D eigenvalue weighted by Gasteiger charge is -2.18. The van der Waals surface area contributed by atoms with E-state index in [1.54, 1.807) is 0 Å². The summed E-state index contributed by atoms with van der Waals surface area (Å²) in [5.41, 5.74) is 1.72. The molecule has 0 aliphatic carbocycles. The molecule has 2 aromatic carbocycles. The Morgan fingerprint density at radius 1 is 1.04 bits per heavy atom. The minimum absolute atomic E-state index is 0. The van der Waals surface area contributed by atoms with Crippen LogP contribution in [0.5, 0.6) is 0 Å². The van der Waals surface area contributed by atoms with Gasteiger partial charge in [0.1, 0.15) is 0 Å². The topological polar surface area (TPSA) is 38.3 Å². The molecule has 0 saturated heterocycles. The quantitative estimate of drug-likeness (QED) is 0.556. The molecule has 0 saturated carbocycles. The maximum Gasteiger partial charge on any atom is 0.184 e. The summed E-state index contributed by atoms with van der Waals surface area (Å²) < 4.78 is 5.34. The fraction of sp³-hybridized carbons (Fsp3) is 0.316. The number of ether oxygens (including phenoxy) is 1. The van der Waals surface area contributed by atoms with Crippen molar-refractivity contribution in [2.24, 2.45) is 0 Å². The lowest BCUT2D eigenvalue weighted by atomic mass is 9.97. The van der Waals surface area contributed by atoms with Crippen molar-refractivity contribution in [3.63, 3.8) is 0 Å². The molecule has 3 nitrogen and oxygen atoms in total. The molecule has 2 rings (SSSR count). The molecule has 1 N–H and O–H groups in total. The van der Waals surface area contributed by atoms with Gasteiger partial charge < -0.3 is 10.1 Å². The highest BCUT2D eigenvalue weighted by Gasteiger charge is 2.20. The average molecular weight is 334 g/mol. The molecule has 0 fully saturated rings. The van der Waals surface area contributed by atoms with E-state index >= 15 is 0 Å². The van der Waals surface area contributed by atoms with Gasteiger partial charge in [0.05, 0.1) is 6.04 Å². The average Bonchev–Trinajstić information content (AvgIpc) is 2.59. The van der Waals surface area contributed by atoms with Crippen LogP contribution in [0, 0.1) is 0 Å². The Morgan fingerprint density at radius 2 is 1.65 bits per heavy atom. The summed E-state index contributed by atoms with van der Waals surface area (Å²) in [4.78, 5) is 12.8. The van der Waals surface area contributed by atoms with Gasteiger partial charge in [-0.25, -0.2) is 0 Å². The Morgan fingerprint density at radius 3 is 2.26 bits per heavy atom.